The fourth-order valence-electron chi connectivity index (χ4n) is 3.12. The Morgan fingerprint density at radius 3 is 2.07 bits per heavy atom. The van der Waals surface area contributed by atoms with Crippen LogP contribution in [-0.4, -0.2) is 29.3 Å². The smallest absolute Gasteiger partial charge is 0.251 e. The number of carbonyl (C=O) groups excluding carboxylic acids is 2. The molecular formula is C24H33N3O2. The maximum atomic E-state index is 12.6. The van der Waals surface area contributed by atoms with Crippen molar-refractivity contribution in [3.63, 3.8) is 0 Å². The van der Waals surface area contributed by atoms with E-state index in [0.717, 1.165) is 24.3 Å². The molecule has 0 fully saturated rings. The van der Waals surface area contributed by atoms with Crippen molar-refractivity contribution in [2.75, 3.05) is 11.9 Å². The lowest BCUT2D eigenvalue weighted by molar-refractivity contribution is -0.115. The van der Waals surface area contributed by atoms with Crippen molar-refractivity contribution in [2.45, 2.75) is 59.7 Å². The Morgan fingerprint density at radius 2 is 1.55 bits per heavy atom. The second-order valence-electron chi connectivity index (χ2n) is 7.57. The minimum absolute atomic E-state index is 0.0157. The van der Waals surface area contributed by atoms with E-state index in [2.05, 4.69) is 36.3 Å². The summed E-state index contributed by atoms with van der Waals surface area (Å²) in [7, 11) is 0. The molecule has 0 bridgehead atoms. The molecule has 0 radical (unpaired) electrons. The Labute approximate surface area is 174 Å². The summed E-state index contributed by atoms with van der Waals surface area (Å²) in [6.07, 6.45) is 0.445. The predicted molar refractivity (Wildman–Crippen MR) is 119 cm³/mol. The van der Waals surface area contributed by atoms with Crippen LogP contribution in [0.5, 0.6) is 0 Å². The number of nitrogens with zero attached hydrogens (tertiary/aromatic N) is 1. The van der Waals surface area contributed by atoms with Crippen LogP contribution in [0.2, 0.25) is 0 Å². The molecule has 0 saturated carbocycles. The zero-order valence-electron chi connectivity index (χ0n) is 18.2. The highest BCUT2D eigenvalue weighted by Gasteiger charge is 2.13. The van der Waals surface area contributed by atoms with Crippen molar-refractivity contribution in [2.24, 2.45) is 0 Å². The number of hydrogen-bond donors (Lipinski definition) is 2. The van der Waals surface area contributed by atoms with Crippen LogP contribution >= 0.6 is 0 Å². The molecule has 0 spiro atoms. The average Bonchev–Trinajstić information content (AvgIpc) is 2.72. The van der Waals surface area contributed by atoms with Crippen LogP contribution < -0.4 is 10.6 Å². The minimum atomic E-state index is -0.130. The molecule has 0 aliphatic carbocycles. The van der Waals surface area contributed by atoms with Gasteiger partial charge in [-0.25, -0.2) is 0 Å². The molecule has 0 aliphatic heterocycles. The van der Waals surface area contributed by atoms with Crippen LogP contribution in [0, 0.1) is 0 Å². The van der Waals surface area contributed by atoms with Crippen LogP contribution in [0.3, 0.4) is 0 Å². The highest BCUT2D eigenvalue weighted by Crippen LogP contribution is 2.17. The van der Waals surface area contributed by atoms with Crippen molar-refractivity contribution in [3.05, 3.63) is 65.2 Å². The zero-order valence-corrected chi connectivity index (χ0v) is 18.2. The van der Waals surface area contributed by atoms with Crippen molar-refractivity contribution < 1.29 is 9.59 Å². The van der Waals surface area contributed by atoms with E-state index in [1.54, 1.807) is 0 Å². The van der Waals surface area contributed by atoms with Crippen molar-refractivity contribution >= 4 is 17.5 Å². The largest absolute Gasteiger partial charge is 0.346 e. The molecule has 29 heavy (non-hydrogen) atoms. The molecule has 1 unspecified atom stereocenters. The number of nitrogens with one attached hydrogen (secondary N) is 2. The van der Waals surface area contributed by atoms with Crippen LogP contribution in [0.1, 0.15) is 68.6 Å². The van der Waals surface area contributed by atoms with Crippen LogP contribution in [-0.2, 0) is 11.3 Å². The molecule has 0 aliphatic rings. The summed E-state index contributed by atoms with van der Waals surface area (Å²) in [4.78, 5) is 26.4. The zero-order chi connectivity index (χ0) is 21.4. The summed E-state index contributed by atoms with van der Waals surface area (Å²) in [6, 6.07) is 15.7. The van der Waals surface area contributed by atoms with E-state index in [1.807, 2.05) is 62.4 Å². The second kappa shape index (κ2) is 10.8. The third kappa shape index (κ3) is 6.71. The van der Waals surface area contributed by atoms with Gasteiger partial charge in [-0.05, 0) is 62.7 Å². The minimum Gasteiger partial charge on any atom is -0.346 e. The fourth-order valence-corrected chi connectivity index (χ4v) is 3.12. The van der Waals surface area contributed by atoms with Gasteiger partial charge in [0, 0.05) is 30.3 Å². The highest BCUT2D eigenvalue weighted by molar-refractivity contribution is 5.94. The van der Waals surface area contributed by atoms with Gasteiger partial charge in [0.25, 0.3) is 5.91 Å². The molecular weight excluding hydrogens is 362 g/mol. The molecule has 2 aromatic carbocycles. The van der Waals surface area contributed by atoms with Crippen LogP contribution in [0.15, 0.2) is 48.5 Å². The van der Waals surface area contributed by atoms with Gasteiger partial charge in [-0.15, -0.1) is 0 Å². The van der Waals surface area contributed by atoms with Gasteiger partial charge in [-0.3, -0.25) is 14.5 Å². The standard InChI is InChI=1S/C24H33N3O2/c1-6-23(28)26-22-14-12-20(13-15-22)18(5)25-24(29)21-10-8-19(9-11-21)16-27(7-2)17(3)4/h8-15,17-18H,6-7,16H2,1-5H3,(H,25,29)(H,26,28). The molecule has 1 atom stereocenters. The third-order valence-electron chi connectivity index (χ3n) is 5.10. The van der Waals surface area contributed by atoms with Gasteiger partial charge < -0.3 is 10.6 Å². The highest BCUT2D eigenvalue weighted by atomic mass is 16.2. The Kier molecular flexibility index (Phi) is 8.40. The van der Waals surface area contributed by atoms with Gasteiger partial charge in [0.2, 0.25) is 5.91 Å². The van der Waals surface area contributed by atoms with Gasteiger partial charge in [-0.1, -0.05) is 38.1 Å². The Morgan fingerprint density at radius 1 is 0.931 bits per heavy atom. The fraction of sp³-hybridized carbons (Fsp3) is 0.417. The first-order valence-corrected chi connectivity index (χ1v) is 10.4. The maximum absolute atomic E-state index is 12.6. The van der Waals surface area contributed by atoms with Gasteiger partial charge in [-0.2, -0.15) is 0 Å². The van der Waals surface area contributed by atoms with Gasteiger partial charge in [0.1, 0.15) is 0 Å². The van der Waals surface area contributed by atoms with E-state index < -0.39 is 0 Å². The van der Waals surface area contributed by atoms with E-state index in [-0.39, 0.29) is 17.9 Å². The summed E-state index contributed by atoms with van der Waals surface area (Å²) in [5.74, 6) is -0.110. The molecule has 2 N–H and O–H groups in total. The number of amides is 2. The lowest BCUT2D eigenvalue weighted by Crippen LogP contribution is -2.30. The number of hydrogen-bond acceptors (Lipinski definition) is 3. The summed E-state index contributed by atoms with van der Waals surface area (Å²) >= 11 is 0. The van der Waals surface area contributed by atoms with Crippen molar-refractivity contribution in [1.82, 2.24) is 10.2 Å². The molecule has 5 heteroatoms. The molecule has 0 aromatic heterocycles. The molecule has 2 amide bonds. The summed E-state index contributed by atoms with van der Waals surface area (Å²) in [5.41, 5.74) is 3.60. The number of rotatable bonds is 9. The molecule has 0 saturated heterocycles. The average molecular weight is 396 g/mol. The van der Waals surface area contributed by atoms with Crippen molar-refractivity contribution in [1.29, 1.82) is 0 Å². The van der Waals surface area contributed by atoms with Crippen LogP contribution in [0.4, 0.5) is 5.69 Å². The summed E-state index contributed by atoms with van der Waals surface area (Å²) in [6.45, 7) is 12.2. The Balaban J connectivity index is 1.96. The molecule has 0 heterocycles. The Hall–Kier alpha value is -2.66. The first kappa shape index (κ1) is 22.6. The van der Waals surface area contributed by atoms with Gasteiger partial charge in [0.05, 0.1) is 6.04 Å². The van der Waals surface area contributed by atoms with E-state index in [9.17, 15) is 9.59 Å². The number of carbonyl (C=O) groups is 2. The summed E-state index contributed by atoms with van der Waals surface area (Å²) in [5, 5.41) is 5.86. The monoisotopic (exact) mass is 395 g/mol. The van der Waals surface area contributed by atoms with E-state index in [4.69, 9.17) is 0 Å². The van der Waals surface area contributed by atoms with Crippen LogP contribution in [0.25, 0.3) is 0 Å². The number of anilines is 1. The van der Waals surface area contributed by atoms with E-state index in [0.29, 0.717) is 18.0 Å². The third-order valence-corrected chi connectivity index (χ3v) is 5.10. The quantitative estimate of drug-likeness (QED) is 0.644. The molecule has 2 aromatic rings. The Bertz CT molecular complexity index is 798. The first-order valence-electron chi connectivity index (χ1n) is 10.4. The summed E-state index contributed by atoms with van der Waals surface area (Å²) < 4.78 is 0. The number of benzene rings is 2. The second-order valence-corrected chi connectivity index (χ2v) is 7.57. The molecule has 156 valence electrons. The van der Waals surface area contributed by atoms with Crippen molar-refractivity contribution in [3.8, 4) is 0 Å². The topological polar surface area (TPSA) is 61.4 Å². The van der Waals surface area contributed by atoms with E-state index in [1.165, 1.54) is 5.56 Å². The van der Waals surface area contributed by atoms with Gasteiger partial charge in [0.15, 0.2) is 0 Å². The predicted octanol–water partition coefficient (Wildman–Crippen LogP) is 4.76. The van der Waals surface area contributed by atoms with E-state index >= 15 is 0 Å². The molecule has 5 nitrogen and oxygen atoms in total. The lowest BCUT2D eigenvalue weighted by Gasteiger charge is -2.24. The molecule has 2 rings (SSSR count). The normalized spacial score (nSPS) is 12.1. The first-order chi connectivity index (χ1) is 13.8. The maximum Gasteiger partial charge on any atom is 0.251 e. The SMILES string of the molecule is CCC(=O)Nc1ccc(C(C)NC(=O)c2ccc(CN(CC)C(C)C)cc2)cc1. The van der Waals surface area contributed by atoms with Gasteiger partial charge >= 0.3 is 0 Å². The lowest BCUT2D eigenvalue weighted by atomic mass is 10.1.